The van der Waals surface area contributed by atoms with E-state index in [4.69, 9.17) is 4.74 Å². The van der Waals surface area contributed by atoms with Gasteiger partial charge in [0.1, 0.15) is 24.2 Å². The Hall–Kier alpha value is -3.14. The van der Waals surface area contributed by atoms with Crippen LogP contribution in [-0.2, 0) is 18.4 Å². The number of benzene rings is 1. The lowest BCUT2D eigenvalue weighted by molar-refractivity contribution is -0.122. The summed E-state index contributed by atoms with van der Waals surface area (Å²) in [6.07, 6.45) is 4.70. The molecule has 3 aromatic rings. The Morgan fingerprint density at radius 2 is 2.04 bits per heavy atom. The number of hydrogen-bond acceptors (Lipinski definition) is 5. The SMILES string of the molecule is COc1ccc([C@H](NC(=O)Cn2cc(Br)c(=O)[nH]c2=O)c2nccn2C)cc1. The van der Waals surface area contributed by atoms with E-state index in [-0.39, 0.29) is 11.0 Å². The topological polar surface area (TPSA) is 111 Å². The van der Waals surface area contributed by atoms with Gasteiger partial charge in [-0.15, -0.1) is 0 Å². The molecule has 0 saturated carbocycles. The van der Waals surface area contributed by atoms with Crippen molar-refractivity contribution >= 4 is 21.8 Å². The Bertz CT molecular complexity index is 1100. The number of hydrogen-bond donors (Lipinski definition) is 2. The molecule has 9 nitrogen and oxygen atoms in total. The summed E-state index contributed by atoms with van der Waals surface area (Å²) < 4.78 is 8.26. The van der Waals surface area contributed by atoms with Gasteiger partial charge in [-0.2, -0.15) is 0 Å². The van der Waals surface area contributed by atoms with Crippen molar-refractivity contribution in [3.63, 3.8) is 0 Å². The molecule has 10 heteroatoms. The number of aryl methyl sites for hydroxylation is 1. The number of aromatic nitrogens is 4. The number of ether oxygens (including phenoxy) is 1. The second-order valence-electron chi connectivity index (χ2n) is 6.03. The van der Waals surface area contributed by atoms with Crippen LogP contribution < -0.4 is 21.3 Å². The number of carbonyl (C=O) groups excluding carboxylic acids is 1. The molecular weight excluding hydrogens is 430 g/mol. The third-order valence-corrected chi connectivity index (χ3v) is 4.72. The number of nitrogens with zero attached hydrogens (tertiary/aromatic N) is 3. The van der Waals surface area contributed by atoms with Crippen LogP contribution in [0.1, 0.15) is 17.4 Å². The zero-order chi connectivity index (χ0) is 20.3. The zero-order valence-corrected chi connectivity index (χ0v) is 16.8. The molecule has 0 unspecified atom stereocenters. The van der Waals surface area contributed by atoms with E-state index in [1.165, 1.54) is 6.20 Å². The van der Waals surface area contributed by atoms with Crippen molar-refractivity contribution < 1.29 is 9.53 Å². The van der Waals surface area contributed by atoms with E-state index >= 15 is 0 Å². The van der Waals surface area contributed by atoms with Crippen LogP contribution in [-0.4, -0.2) is 32.1 Å². The number of H-pyrrole nitrogens is 1. The normalized spacial score (nSPS) is 11.8. The molecule has 2 N–H and O–H groups in total. The molecule has 28 heavy (non-hydrogen) atoms. The van der Waals surface area contributed by atoms with Crippen molar-refractivity contribution in [3.8, 4) is 5.75 Å². The predicted octanol–water partition coefficient (Wildman–Crippen LogP) is 0.947. The average molecular weight is 448 g/mol. The number of halogens is 1. The number of amides is 1. The Morgan fingerprint density at radius 1 is 1.32 bits per heavy atom. The molecule has 1 amide bonds. The number of imidazole rings is 1. The van der Waals surface area contributed by atoms with Gasteiger partial charge in [-0.3, -0.25) is 19.1 Å². The lowest BCUT2D eigenvalue weighted by Crippen LogP contribution is -2.38. The molecule has 2 aromatic heterocycles. The van der Waals surface area contributed by atoms with Crippen LogP contribution in [0, 0.1) is 0 Å². The highest BCUT2D eigenvalue weighted by atomic mass is 79.9. The molecule has 1 atom stereocenters. The maximum atomic E-state index is 12.6. The zero-order valence-electron chi connectivity index (χ0n) is 15.2. The third kappa shape index (κ3) is 4.22. The van der Waals surface area contributed by atoms with Crippen molar-refractivity contribution in [2.24, 2.45) is 7.05 Å². The standard InChI is InChI=1S/C18H18BrN5O4/c1-23-8-7-20-16(23)15(11-3-5-12(28-2)6-4-11)21-14(25)10-24-9-13(19)17(26)22-18(24)27/h3-9,15H,10H2,1-2H3,(H,21,25)(H,22,26,27)/t15-/m0/s1. The van der Waals surface area contributed by atoms with Crippen molar-refractivity contribution in [1.82, 2.24) is 24.4 Å². The van der Waals surface area contributed by atoms with E-state index in [1.807, 2.05) is 19.2 Å². The first-order valence-electron chi connectivity index (χ1n) is 8.29. The summed E-state index contributed by atoms with van der Waals surface area (Å²) in [6.45, 7) is -0.259. The minimum absolute atomic E-state index is 0.163. The van der Waals surface area contributed by atoms with Crippen LogP contribution in [0.5, 0.6) is 5.75 Å². The van der Waals surface area contributed by atoms with Gasteiger partial charge in [0.25, 0.3) is 5.56 Å². The van der Waals surface area contributed by atoms with E-state index in [0.29, 0.717) is 11.6 Å². The molecule has 0 bridgehead atoms. The van der Waals surface area contributed by atoms with Gasteiger partial charge in [-0.25, -0.2) is 9.78 Å². The van der Waals surface area contributed by atoms with Crippen molar-refractivity contribution in [2.45, 2.75) is 12.6 Å². The van der Waals surface area contributed by atoms with Gasteiger partial charge in [0.05, 0.1) is 11.6 Å². The Labute approximate surface area is 168 Å². The summed E-state index contributed by atoms with van der Waals surface area (Å²) in [4.78, 5) is 42.5. The van der Waals surface area contributed by atoms with Crippen LogP contribution in [0.4, 0.5) is 0 Å². The molecular formula is C18H18BrN5O4. The van der Waals surface area contributed by atoms with Crippen molar-refractivity contribution in [3.05, 3.63) is 79.6 Å². The fourth-order valence-corrected chi connectivity index (χ4v) is 3.06. The van der Waals surface area contributed by atoms with Crippen LogP contribution in [0.25, 0.3) is 0 Å². The Balaban J connectivity index is 1.88. The molecule has 0 aliphatic rings. The highest BCUT2D eigenvalue weighted by molar-refractivity contribution is 9.10. The Morgan fingerprint density at radius 3 is 2.64 bits per heavy atom. The summed E-state index contributed by atoms with van der Waals surface area (Å²) in [5.41, 5.74) is -0.412. The lowest BCUT2D eigenvalue weighted by Gasteiger charge is -2.20. The molecule has 2 heterocycles. The lowest BCUT2D eigenvalue weighted by atomic mass is 10.1. The number of carbonyl (C=O) groups is 1. The number of rotatable bonds is 6. The van der Waals surface area contributed by atoms with E-state index < -0.39 is 23.2 Å². The summed E-state index contributed by atoms with van der Waals surface area (Å²) in [5, 5.41) is 2.89. The quantitative estimate of drug-likeness (QED) is 0.584. The first kappa shape index (κ1) is 19.6. The molecule has 0 spiro atoms. The monoisotopic (exact) mass is 447 g/mol. The first-order chi connectivity index (χ1) is 13.4. The molecule has 146 valence electrons. The summed E-state index contributed by atoms with van der Waals surface area (Å²) in [5.74, 6) is 0.914. The summed E-state index contributed by atoms with van der Waals surface area (Å²) in [7, 11) is 3.40. The third-order valence-electron chi connectivity index (χ3n) is 4.15. The number of methoxy groups -OCH3 is 1. The second kappa shape index (κ2) is 8.26. The fourth-order valence-electron chi connectivity index (χ4n) is 2.71. The van der Waals surface area contributed by atoms with Gasteiger partial charge in [0, 0.05) is 25.6 Å². The van der Waals surface area contributed by atoms with Gasteiger partial charge in [0.15, 0.2) is 0 Å². The smallest absolute Gasteiger partial charge is 0.328 e. The largest absolute Gasteiger partial charge is 0.497 e. The minimum atomic E-state index is -0.665. The highest BCUT2D eigenvalue weighted by Gasteiger charge is 2.21. The maximum Gasteiger partial charge on any atom is 0.328 e. The van der Waals surface area contributed by atoms with Gasteiger partial charge >= 0.3 is 5.69 Å². The Kier molecular flexibility index (Phi) is 5.78. The van der Waals surface area contributed by atoms with Gasteiger partial charge in [-0.05, 0) is 33.6 Å². The molecule has 1 aromatic carbocycles. The van der Waals surface area contributed by atoms with Gasteiger partial charge < -0.3 is 14.6 Å². The molecule has 0 radical (unpaired) electrons. The van der Waals surface area contributed by atoms with Gasteiger partial charge in [-0.1, -0.05) is 12.1 Å². The van der Waals surface area contributed by atoms with Crippen LogP contribution in [0.3, 0.4) is 0 Å². The maximum absolute atomic E-state index is 12.6. The van der Waals surface area contributed by atoms with E-state index in [1.54, 1.807) is 36.2 Å². The summed E-state index contributed by atoms with van der Waals surface area (Å²) >= 11 is 3.05. The second-order valence-corrected chi connectivity index (χ2v) is 6.89. The average Bonchev–Trinajstić information content (AvgIpc) is 3.10. The van der Waals surface area contributed by atoms with Crippen molar-refractivity contribution in [2.75, 3.05) is 7.11 Å². The van der Waals surface area contributed by atoms with Crippen LogP contribution >= 0.6 is 15.9 Å². The minimum Gasteiger partial charge on any atom is -0.497 e. The summed E-state index contributed by atoms with van der Waals surface area (Å²) in [6, 6.07) is 6.73. The molecule has 0 aliphatic heterocycles. The fraction of sp³-hybridized carbons (Fsp3) is 0.222. The number of aromatic amines is 1. The molecule has 0 aliphatic carbocycles. The van der Waals surface area contributed by atoms with E-state index in [2.05, 4.69) is 31.2 Å². The molecule has 0 fully saturated rings. The molecule has 3 rings (SSSR count). The molecule has 0 saturated heterocycles. The van der Waals surface area contributed by atoms with Crippen LogP contribution in [0.15, 0.2) is 56.9 Å². The van der Waals surface area contributed by atoms with Crippen molar-refractivity contribution in [1.29, 1.82) is 0 Å². The number of nitrogens with one attached hydrogen (secondary N) is 2. The van der Waals surface area contributed by atoms with E-state index in [0.717, 1.165) is 10.1 Å². The predicted molar refractivity (Wildman–Crippen MR) is 105 cm³/mol. The van der Waals surface area contributed by atoms with Crippen LogP contribution in [0.2, 0.25) is 0 Å². The van der Waals surface area contributed by atoms with E-state index in [9.17, 15) is 14.4 Å². The first-order valence-corrected chi connectivity index (χ1v) is 9.08. The van der Waals surface area contributed by atoms with Gasteiger partial charge in [0.2, 0.25) is 5.91 Å². The highest BCUT2D eigenvalue weighted by Crippen LogP contribution is 2.23.